The lowest BCUT2D eigenvalue weighted by Crippen LogP contribution is -2.62. The number of carbonyl (C=O) groups excluding carboxylic acids is 3. The number of esters is 1. The summed E-state index contributed by atoms with van der Waals surface area (Å²) in [6, 6.07) is -1.56. The number of nitrogens with zero attached hydrogens (tertiary/aromatic N) is 2. The molecule has 8 heteroatoms. The molecule has 3 aliphatic heterocycles. The van der Waals surface area contributed by atoms with Gasteiger partial charge in [-0.1, -0.05) is 32.9 Å². The lowest BCUT2D eigenvalue weighted by Gasteiger charge is -2.44. The first-order valence-electron chi connectivity index (χ1n) is 13.6. The maximum absolute atomic E-state index is 14.4. The Labute approximate surface area is 222 Å². The lowest BCUT2D eigenvalue weighted by atomic mass is 9.62. The molecule has 2 bridgehead atoms. The molecule has 3 heterocycles. The molecule has 0 radical (unpaired) electrons. The third-order valence-corrected chi connectivity index (χ3v) is 8.74. The van der Waals surface area contributed by atoms with Gasteiger partial charge >= 0.3 is 5.97 Å². The van der Waals surface area contributed by atoms with E-state index in [4.69, 9.17) is 9.47 Å². The van der Waals surface area contributed by atoms with Gasteiger partial charge in [0.25, 0.3) is 0 Å². The first-order chi connectivity index (χ1) is 17.2. The number of aliphatic hydroxyl groups excluding tert-OH is 1. The number of carbonyl (C=O) groups is 3. The van der Waals surface area contributed by atoms with E-state index in [9.17, 15) is 19.5 Å². The standard InChI is InChI=1S/C29H46N2O6/c1-10-12-13-15-36-26(35)22-21-24(33)31(20(17-32)18(3)4)23(25(34)30(14-11-2)27(6,7)8)29(21)16-19(5)28(22,9)37-29/h10-11,18-23,32H,1-2,12-17H2,3-9H3/t19?,20-,21-,22+,23?,28-,29?/m0/s1. The SMILES string of the molecule is C=CCCCOC(=O)[C@H]1[C@H]2C(=O)N([C@@H](CO)C(C)C)C(C(=O)N(CC=C)C(C)(C)C)C23CC(C)[C@]1(C)O3. The fourth-order valence-corrected chi connectivity index (χ4v) is 6.75. The van der Waals surface area contributed by atoms with E-state index in [0.29, 0.717) is 19.4 Å². The van der Waals surface area contributed by atoms with Crippen molar-refractivity contribution in [2.45, 2.75) is 96.6 Å². The van der Waals surface area contributed by atoms with Crippen molar-refractivity contribution in [1.29, 1.82) is 0 Å². The normalized spacial score (nSPS) is 33.4. The van der Waals surface area contributed by atoms with Crippen LogP contribution in [-0.2, 0) is 23.9 Å². The monoisotopic (exact) mass is 518 g/mol. The van der Waals surface area contributed by atoms with Crippen LogP contribution in [0.5, 0.6) is 0 Å². The highest BCUT2D eigenvalue weighted by Crippen LogP contribution is 2.66. The van der Waals surface area contributed by atoms with Gasteiger partial charge in [0.05, 0.1) is 30.8 Å². The second-order valence-corrected chi connectivity index (χ2v) is 12.5. The fourth-order valence-electron chi connectivity index (χ4n) is 6.75. The Hall–Kier alpha value is -2.19. The third kappa shape index (κ3) is 4.65. The predicted octanol–water partition coefficient (Wildman–Crippen LogP) is 3.34. The maximum atomic E-state index is 14.4. The molecule has 1 spiro atoms. The highest BCUT2D eigenvalue weighted by molar-refractivity contribution is 5.99. The quantitative estimate of drug-likeness (QED) is 0.256. The molecule has 0 aliphatic carbocycles. The smallest absolute Gasteiger partial charge is 0.312 e. The van der Waals surface area contributed by atoms with Crippen LogP contribution in [0.4, 0.5) is 0 Å². The molecule has 3 unspecified atom stereocenters. The zero-order valence-corrected chi connectivity index (χ0v) is 23.7. The molecule has 2 amide bonds. The molecule has 37 heavy (non-hydrogen) atoms. The van der Waals surface area contributed by atoms with Gasteiger partial charge in [0.15, 0.2) is 0 Å². The third-order valence-electron chi connectivity index (χ3n) is 8.74. The first kappa shape index (κ1) is 29.4. The van der Waals surface area contributed by atoms with Crippen LogP contribution in [-0.4, -0.2) is 81.3 Å². The van der Waals surface area contributed by atoms with Crippen LogP contribution >= 0.6 is 0 Å². The van der Waals surface area contributed by atoms with Gasteiger partial charge in [0.1, 0.15) is 17.6 Å². The number of amides is 2. The Morgan fingerprint density at radius 1 is 1.30 bits per heavy atom. The van der Waals surface area contributed by atoms with Crippen LogP contribution in [0.1, 0.15) is 67.7 Å². The average Bonchev–Trinajstić information content (AvgIpc) is 3.31. The Balaban J connectivity index is 2.14. The first-order valence-corrected chi connectivity index (χ1v) is 13.6. The topological polar surface area (TPSA) is 96.4 Å². The number of unbranched alkanes of at least 4 members (excludes halogenated alkanes) is 1. The van der Waals surface area contributed by atoms with Crippen LogP contribution in [0.2, 0.25) is 0 Å². The number of allylic oxidation sites excluding steroid dienone is 1. The number of hydrogen-bond acceptors (Lipinski definition) is 6. The Morgan fingerprint density at radius 3 is 2.46 bits per heavy atom. The van der Waals surface area contributed by atoms with Gasteiger partial charge in [-0.15, -0.1) is 13.2 Å². The van der Waals surface area contributed by atoms with E-state index >= 15 is 0 Å². The van der Waals surface area contributed by atoms with Crippen molar-refractivity contribution in [3.8, 4) is 0 Å². The number of ether oxygens (including phenoxy) is 2. The summed E-state index contributed by atoms with van der Waals surface area (Å²) in [4.78, 5) is 45.5. The van der Waals surface area contributed by atoms with Gasteiger partial charge in [0, 0.05) is 12.1 Å². The van der Waals surface area contributed by atoms with E-state index in [1.807, 2.05) is 48.5 Å². The number of aliphatic hydroxyl groups is 1. The Morgan fingerprint density at radius 2 is 1.95 bits per heavy atom. The number of fused-ring (bicyclic) bond motifs is 1. The van der Waals surface area contributed by atoms with E-state index in [0.717, 1.165) is 6.42 Å². The van der Waals surface area contributed by atoms with Crippen molar-refractivity contribution in [3.05, 3.63) is 25.3 Å². The molecule has 3 rings (SSSR count). The minimum absolute atomic E-state index is 0.0772. The molecule has 7 atom stereocenters. The van der Waals surface area contributed by atoms with Gasteiger partial charge < -0.3 is 24.4 Å². The van der Waals surface area contributed by atoms with Crippen molar-refractivity contribution in [1.82, 2.24) is 9.80 Å². The van der Waals surface area contributed by atoms with Crippen LogP contribution in [0.3, 0.4) is 0 Å². The number of rotatable bonds is 11. The Kier molecular flexibility index (Phi) is 8.35. The van der Waals surface area contributed by atoms with Gasteiger partial charge in [-0.3, -0.25) is 14.4 Å². The van der Waals surface area contributed by atoms with Crippen LogP contribution in [0.15, 0.2) is 25.3 Å². The summed E-state index contributed by atoms with van der Waals surface area (Å²) in [6.07, 6.45) is 5.28. The van der Waals surface area contributed by atoms with Gasteiger partial charge in [-0.05, 0) is 58.8 Å². The van der Waals surface area contributed by atoms with Crippen molar-refractivity contribution in [3.63, 3.8) is 0 Å². The molecule has 1 N–H and O–H groups in total. The molecule has 0 aromatic heterocycles. The molecule has 8 nitrogen and oxygen atoms in total. The summed E-state index contributed by atoms with van der Waals surface area (Å²) >= 11 is 0. The number of hydrogen-bond donors (Lipinski definition) is 1. The van der Waals surface area contributed by atoms with Crippen LogP contribution in [0.25, 0.3) is 0 Å². The zero-order chi connectivity index (χ0) is 27.9. The zero-order valence-electron chi connectivity index (χ0n) is 23.7. The second kappa shape index (κ2) is 10.5. The summed E-state index contributed by atoms with van der Waals surface area (Å²) < 4.78 is 12.4. The minimum atomic E-state index is -1.18. The van der Waals surface area contributed by atoms with E-state index in [-0.39, 0.29) is 36.9 Å². The van der Waals surface area contributed by atoms with Gasteiger partial charge in [-0.2, -0.15) is 0 Å². The molecule has 208 valence electrons. The van der Waals surface area contributed by atoms with E-state index in [1.165, 1.54) is 4.90 Å². The fraction of sp³-hybridized carbons (Fsp3) is 0.759. The predicted molar refractivity (Wildman–Crippen MR) is 141 cm³/mol. The van der Waals surface area contributed by atoms with Crippen molar-refractivity contribution in [2.24, 2.45) is 23.7 Å². The highest BCUT2D eigenvalue weighted by atomic mass is 16.6. The molecule has 0 aromatic rings. The van der Waals surface area contributed by atoms with Crippen molar-refractivity contribution in [2.75, 3.05) is 19.8 Å². The summed E-state index contributed by atoms with van der Waals surface area (Å²) in [5, 5.41) is 10.4. The van der Waals surface area contributed by atoms with E-state index in [1.54, 1.807) is 17.1 Å². The molecule has 0 aromatic carbocycles. The van der Waals surface area contributed by atoms with Gasteiger partial charge in [0.2, 0.25) is 11.8 Å². The maximum Gasteiger partial charge on any atom is 0.312 e. The van der Waals surface area contributed by atoms with E-state index in [2.05, 4.69) is 13.2 Å². The molecule has 3 saturated heterocycles. The summed E-state index contributed by atoms with van der Waals surface area (Å²) in [7, 11) is 0. The van der Waals surface area contributed by atoms with Crippen molar-refractivity contribution < 1.29 is 29.0 Å². The molecule has 3 aliphatic rings. The van der Waals surface area contributed by atoms with E-state index < -0.39 is 46.6 Å². The largest absolute Gasteiger partial charge is 0.465 e. The molecular weight excluding hydrogens is 472 g/mol. The molecular formula is C29H46N2O6. The van der Waals surface area contributed by atoms with Crippen molar-refractivity contribution >= 4 is 17.8 Å². The number of likely N-dealkylation sites (tertiary alicyclic amines) is 1. The highest BCUT2D eigenvalue weighted by Gasteiger charge is 2.81. The lowest BCUT2D eigenvalue weighted by molar-refractivity contribution is -0.165. The summed E-state index contributed by atoms with van der Waals surface area (Å²) in [5.41, 5.74) is -2.66. The summed E-state index contributed by atoms with van der Waals surface area (Å²) in [5.74, 6) is -2.91. The van der Waals surface area contributed by atoms with Gasteiger partial charge in [-0.25, -0.2) is 0 Å². The van der Waals surface area contributed by atoms with Crippen LogP contribution in [0, 0.1) is 23.7 Å². The second-order valence-electron chi connectivity index (χ2n) is 12.5. The Bertz CT molecular complexity index is 926. The average molecular weight is 519 g/mol. The molecule has 3 fully saturated rings. The summed E-state index contributed by atoms with van der Waals surface area (Å²) in [6.45, 7) is 21.3. The minimum Gasteiger partial charge on any atom is -0.465 e. The molecule has 0 saturated carbocycles. The van der Waals surface area contributed by atoms with Crippen LogP contribution < -0.4 is 0 Å².